The molecule has 0 saturated carbocycles. The molecule has 2 aliphatic rings. The first-order valence-corrected chi connectivity index (χ1v) is 17.9. The monoisotopic (exact) mass is 598 g/mol. The number of ether oxygens (including phenoxy) is 2. The number of unbranched alkanes of at least 4 members (excludes halogenated alkanes) is 15. The zero-order valence-corrected chi connectivity index (χ0v) is 28.5. The predicted octanol–water partition coefficient (Wildman–Crippen LogP) is 10.8. The molecule has 0 unspecified atom stereocenters. The van der Waals surface area contributed by atoms with Crippen LogP contribution in [0.4, 0.5) is 0 Å². The second-order valence-electron chi connectivity index (χ2n) is 14.0. The molecule has 1 aliphatic heterocycles. The Labute approximate surface area is 265 Å². The minimum absolute atomic E-state index is 0.0940. The van der Waals surface area contributed by atoms with Gasteiger partial charge in [-0.15, -0.1) is 0 Å². The molecule has 1 aliphatic carbocycles. The lowest BCUT2D eigenvalue weighted by molar-refractivity contribution is -0.151. The number of hydrogen-bond acceptors (Lipinski definition) is 4. The number of hydrogen-bond donors (Lipinski definition) is 1. The molecule has 1 N–H and O–H groups in total. The van der Waals surface area contributed by atoms with E-state index >= 15 is 0 Å². The topological polar surface area (TPSA) is 55.8 Å². The van der Waals surface area contributed by atoms with Crippen molar-refractivity contribution in [2.45, 2.75) is 167 Å². The average molecular weight is 599 g/mol. The standard InChI is InChI=1S/C39H66O4/c1-6-7-8-9-10-11-12-13-14-15-16-17-18-19-20-21-26-37(40)42-32-39(29-22-24-33(2)3)36-27-30-38(5,41)28-23-25-34(4)35(36)31-43-39/h22-24,28-29,35-36,41H,4,6-21,25-27,30-32H2,1-3,5H3/b28-23-,29-22+/t35-,36-,38+,39-/m0/s1. The molecule has 4 heteroatoms. The van der Waals surface area contributed by atoms with Gasteiger partial charge in [0, 0.05) is 18.3 Å². The van der Waals surface area contributed by atoms with E-state index in [1.54, 1.807) is 0 Å². The Bertz CT molecular complexity index is 878. The van der Waals surface area contributed by atoms with Gasteiger partial charge in [-0.25, -0.2) is 0 Å². The number of esters is 1. The van der Waals surface area contributed by atoms with Crippen LogP contribution in [-0.4, -0.2) is 35.5 Å². The summed E-state index contributed by atoms with van der Waals surface area (Å²) in [5.41, 5.74) is 0.754. The van der Waals surface area contributed by atoms with E-state index < -0.39 is 11.2 Å². The number of allylic oxidation sites excluding steroid dienone is 4. The van der Waals surface area contributed by atoms with Crippen molar-refractivity contribution < 1.29 is 19.4 Å². The van der Waals surface area contributed by atoms with Gasteiger partial charge in [-0.2, -0.15) is 0 Å². The first kappa shape index (κ1) is 37.5. The highest BCUT2D eigenvalue weighted by molar-refractivity contribution is 5.69. The highest BCUT2D eigenvalue weighted by Gasteiger charge is 2.50. The Hall–Kier alpha value is -1.65. The molecular formula is C39H66O4. The number of carbonyl (C=O) groups excluding carboxylic acids is 1. The molecule has 0 amide bonds. The minimum atomic E-state index is -0.864. The number of rotatable bonds is 21. The SMILES string of the molecule is C=C1C/C=C\[C@@](C)(O)CC[C@H]2[C@H]1CO[C@@]2(/C=C/C=C(C)C)COC(=O)CCCCCCCCCCCCCCCCCC. The van der Waals surface area contributed by atoms with E-state index in [4.69, 9.17) is 9.47 Å². The molecule has 4 atom stereocenters. The van der Waals surface area contributed by atoms with E-state index in [1.165, 1.54) is 95.5 Å². The van der Waals surface area contributed by atoms with Gasteiger partial charge in [0.05, 0.1) is 12.2 Å². The Kier molecular flexibility index (Phi) is 18.5. The van der Waals surface area contributed by atoms with Crippen LogP contribution in [0.1, 0.15) is 156 Å². The third-order valence-electron chi connectivity index (χ3n) is 9.49. The van der Waals surface area contributed by atoms with Gasteiger partial charge in [0.25, 0.3) is 0 Å². The summed E-state index contributed by atoms with van der Waals surface area (Å²) in [6.07, 6.45) is 33.8. The molecule has 2 rings (SSSR count). The van der Waals surface area contributed by atoms with E-state index in [2.05, 4.69) is 39.5 Å². The summed E-state index contributed by atoms with van der Waals surface area (Å²) < 4.78 is 12.4. The van der Waals surface area contributed by atoms with Crippen LogP contribution in [0.3, 0.4) is 0 Å². The van der Waals surface area contributed by atoms with Crippen molar-refractivity contribution in [3.8, 4) is 0 Å². The normalized spacial score (nSPS) is 26.5. The fraction of sp³-hybridized carbons (Fsp3) is 0.769. The summed E-state index contributed by atoms with van der Waals surface area (Å²) in [6, 6.07) is 0. The van der Waals surface area contributed by atoms with Gasteiger partial charge in [0.1, 0.15) is 12.2 Å². The van der Waals surface area contributed by atoms with Crippen molar-refractivity contribution in [3.05, 3.63) is 48.1 Å². The van der Waals surface area contributed by atoms with Gasteiger partial charge in [-0.3, -0.25) is 4.79 Å². The van der Waals surface area contributed by atoms with Crippen LogP contribution in [0.5, 0.6) is 0 Å². The van der Waals surface area contributed by atoms with Crippen LogP contribution in [0.15, 0.2) is 48.1 Å². The van der Waals surface area contributed by atoms with Crippen molar-refractivity contribution >= 4 is 5.97 Å². The maximum atomic E-state index is 12.8. The molecule has 43 heavy (non-hydrogen) atoms. The van der Waals surface area contributed by atoms with Crippen LogP contribution < -0.4 is 0 Å². The van der Waals surface area contributed by atoms with Gasteiger partial charge in [0.15, 0.2) is 0 Å². The lowest BCUT2D eigenvalue weighted by atomic mass is 9.74. The first-order chi connectivity index (χ1) is 20.7. The summed E-state index contributed by atoms with van der Waals surface area (Å²) in [4.78, 5) is 12.8. The third-order valence-corrected chi connectivity index (χ3v) is 9.49. The van der Waals surface area contributed by atoms with E-state index in [-0.39, 0.29) is 24.4 Å². The largest absolute Gasteiger partial charge is 0.462 e. The average Bonchev–Trinajstić information content (AvgIpc) is 3.34. The van der Waals surface area contributed by atoms with Crippen LogP contribution in [0.25, 0.3) is 0 Å². The number of fused-ring (bicyclic) bond motifs is 1. The van der Waals surface area contributed by atoms with E-state index in [0.29, 0.717) is 19.4 Å². The highest BCUT2D eigenvalue weighted by atomic mass is 16.6. The van der Waals surface area contributed by atoms with Crippen molar-refractivity contribution in [1.82, 2.24) is 0 Å². The molecule has 0 aromatic carbocycles. The lowest BCUT2D eigenvalue weighted by Crippen LogP contribution is -2.41. The van der Waals surface area contributed by atoms with Crippen LogP contribution in [0.2, 0.25) is 0 Å². The molecule has 0 aromatic rings. The van der Waals surface area contributed by atoms with Crippen molar-refractivity contribution in [2.75, 3.05) is 13.2 Å². The molecule has 1 fully saturated rings. The Morgan fingerprint density at radius 2 is 1.53 bits per heavy atom. The summed E-state index contributed by atoms with van der Waals surface area (Å²) in [5, 5.41) is 10.8. The quantitative estimate of drug-likeness (QED) is 0.0618. The molecule has 0 bridgehead atoms. The summed E-state index contributed by atoms with van der Waals surface area (Å²) in [5.74, 6) is 0.133. The lowest BCUT2D eigenvalue weighted by Gasteiger charge is -2.34. The Balaban J connectivity index is 1.69. The number of carbonyl (C=O) groups is 1. The van der Waals surface area contributed by atoms with E-state index in [0.717, 1.165) is 31.3 Å². The van der Waals surface area contributed by atoms with Crippen LogP contribution in [-0.2, 0) is 14.3 Å². The van der Waals surface area contributed by atoms with Crippen molar-refractivity contribution in [1.29, 1.82) is 0 Å². The van der Waals surface area contributed by atoms with Gasteiger partial charge < -0.3 is 14.6 Å². The van der Waals surface area contributed by atoms with Crippen molar-refractivity contribution in [3.63, 3.8) is 0 Å². The fourth-order valence-electron chi connectivity index (χ4n) is 6.66. The first-order valence-electron chi connectivity index (χ1n) is 17.9. The summed E-state index contributed by atoms with van der Waals surface area (Å²) in [6.45, 7) is 13.4. The maximum absolute atomic E-state index is 12.8. The van der Waals surface area contributed by atoms with Gasteiger partial charge in [0.2, 0.25) is 0 Å². The van der Waals surface area contributed by atoms with Gasteiger partial charge in [-0.05, 0) is 52.5 Å². The molecule has 0 aromatic heterocycles. The second-order valence-corrected chi connectivity index (χ2v) is 14.0. The summed E-state index contributed by atoms with van der Waals surface area (Å²) in [7, 11) is 0. The minimum Gasteiger partial charge on any atom is -0.462 e. The Morgan fingerprint density at radius 3 is 2.09 bits per heavy atom. The molecule has 0 radical (unpaired) electrons. The smallest absolute Gasteiger partial charge is 0.305 e. The van der Waals surface area contributed by atoms with Crippen LogP contribution >= 0.6 is 0 Å². The summed E-state index contributed by atoms with van der Waals surface area (Å²) >= 11 is 0. The highest BCUT2D eigenvalue weighted by Crippen LogP contribution is 2.46. The van der Waals surface area contributed by atoms with Gasteiger partial charge in [-0.1, -0.05) is 145 Å². The van der Waals surface area contributed by atoms with E-state index in [9.17, 15) is 9.90 Å². The molecule has 0 spiro atoms. The van der Waals surface area contributed by atoms with Crippen molar-refractivity contribution in [2.24, 2.45) is 11.8 Å². The van der Waals surface area contributed by atoms with Crippen LogP contribution in [0, 0.1) is 11.8 Å². The molecule has 246 valence electrons. The molecule has 4 nitrogen and oxygen atoms in total. The maximum Gasteiger partial charge on any atom is 0.305 e. The predicted molar refractivity (Wildman–Crippen MR) is 182 cm³/mol. The molecule has 1 heterocycles. The number of aliphatic hydroxyl groups is 1. The zero-order valence-electron chi connectivity index (χ0n) is 28.5. The van der Waals surface area contributed by atoms with Gasteiger partial charge >= 0.3 is 5.97 Å². The fourth-order valence-corrected chi connectivity index (χ4v) is 6.66. The van der Waals surface area contributed by atoms with E-state index in [1.807, 2.05) is 25.2 Å². The molecule has 1 saturated heterocycles. The second kappa shape index (κ2) is 21.2. The molecular weight excluding hydrogens is 532 g/mol. The third kappa shape index (κ3) is 15.3. The Morgan fingerprint density at radius 1 is 0.977 bits per heavy atom. The zero-order chi connectivity index (χ0) is 31.4.